The van der Waals surface area contributed by atoms with E-state index in [4.69, 9.17) is 9.84 Å². The normalized spacial score (nSPS) is 23.3. The van der Waals surface area contributed by atoms with Crippen molar-refractivity contribution in [2.45, 2.75) is 25.4 Å². The molecule has 72 valence electrons. The summed E-state index contributed by atoms with van der Waals surface area (Å²) in [5.41, 5.74) is 0. The molecule has 13 heavy (non-hydrogen) atoms. The molecule has 0 amide bonds. The van der Waals surface area contributed by atoms with Gasteiger partial charge in [-0.15, -0.1) is 11.3 Å². The van der Waals surface area contributed by atoms with Crippen molar-refractivity contribution in [3.8, 4) is 0 Å². The second-order valence-electron chi connectivity index (χ2n) is 3.24. The fourth-order valence-corrected chi connectivity index (χ4v) is 2.42. The zero-order valence-electron chi connectivity index (χ0n) is 7.40. The van der Waals surface area contributed by atoms with E-state index in [0.717, 1.165) is 29.5 Å². The third-order valence-electron chi connectivity index (χ3n) is 2.24. The van der Waals surface area contributed by atoms with Crippen LogP contribution in [0.15, 0.2) is 6.20 Å². The van der Waals surface area contributed by atoms with Gasteiger partial charge < -0.3 is 9.84 Å². The molecule has 1 aliphatic rings. The number of aliphatic hydroxyl groups is 1. The summed E-state index contributed by atoms with van der Waals surface area (Å²) in [5.74, 6) is 0.457. The smallest absolute Gasteiger partial charge is 0.0982 e. The maximum absolute atomic E-state index is 8.89. The molecular weight excluding hydrogens is 186 g/mol. The number of hydrogen-bond acceptors (Lipinski definition) is 4. The minimum absolute atomic E-state index is 0.102. The second kappa shape index (κ2) is 4.17. The lowest BCUT2D eigenvalue weighted by molar-refractivity contribution is 0.0804. The first-order valence-electron chi connectivity index (χ1n) is 4.53. The number of aliphatic hydroxyl groups excluding tert-OH is 1. The van der Waals surface area contributed by atoms with Gasteiger partial charge in [-0.05, 0) is 12.8 Å². The number of aromatic nitrogens is 1. The monoisotopic (exact) mass is 199 g/mol. The SMILES string of the molecule is OCc1cnc(C2CCCOC2)s1. The van der Waals surface area contributed by atoms with Gasteiger partial charge in [-0.3, -0.25) is 0 Å². The predicted molar refractivity (Wildman–Crippen MR) is 50.8 cm³/mol. The molecule has 1 aromatic rings. The van der Waals surface area contributed by atoms with Crippen LogP contribution in [0.4, 0.5) is 0 Å². The molecule has 1 atom stereocenters. The highest BCUT2D eigenvalue weighted by Crippen LogP contribution is 2.28. The molecule has 1 unspecified atom stereocenters. The first-order valence-corrected chi connectivity index (χ1v) is 5.35. The van der Waals surface area contributed by atoms with Crippen molar-refractivity contribution < 1.29 is 9.84 Å². The zero-order valence-corrected chi connectivity index (χ0v) is 8.22. The molecule has 2 rings (SSSR count). The van der Waals surface area contributed by atoms with E-state index in [9.17, 15) is 0 Å². The van der Waals surface area contributed by atoms with E-state index < -0.39 is 0 Å². The summed E-state index contributed by atoms with van der Waals surface area (Å²) in [6.45, 7) is 1.78. The Bertz CT molecular complexity index is 268. The average Bonchev–Trinajstić information content (AvgIpc) is 2.67. The van der Waals surface area contributed by atoms with Gasteiger partial charge in [0.15, 0.2) is 0 Å². The molecule has 0 spiro atoms. The molecule has 1 aromatic heterocycles. The van der Waals surface area contributed by atoms with E-state index in [0.29, 0.717) is 5.92 Å². The minimum atomic E-state index is 0.102. The van der Waals surface area contributed by atoms with Crippen molar-refractivity contribution in [1.29, 1.82) is 0 Å². The van der Waals surface area contributed by atoms with Gasteiger partial charge in [-0.1, -0.05) is 0 Å². The third kappa shape index (κ3) is 2.07. The molecule has 1 saturated heterocycles. The van der Waals surface area contributed by atoms with Crippen LogP contribution in [0, 0.1) is 0 Å². The van der Waals surface area contributed by atoms with Crippen LogP contribution in [0.25, 0.3) is 0 Å². The summed E-state index contributed by atoms with van der Waals surface area (Å²) < 4.78 is 5.38. The standard InChI is InChI=1S/C9H13NO2S/c11-5-8-4-10-9(13-8)7-2-1-3-12-6-7/h4,7,11H,1-3,5-6H2. The van der Waals surface area contributed by atoms with E-state index in [-0.39, 0.29) is 6.61 Å². The van der Waals surface area contributed by atoms with Crippen molar-refractivity contribution in [3.63, 3.8) is 0 Å². The molecule has 0 radical (unpaired) electrons. The summed E-state index contributed by atoms with van der Waals surface area (Å²) in [6, 6.07) is 0. The zero-order chi connectivity index (χ0) is 9.10. The Hall–Kier alpha value is -0.450. The van der Waals surface area contributed by atoms with Crippen LogP contribution in [0.3, 0.4) is 0 Å². The summed E-state index contributed by atoms with van der Waals surface area (Å²) in [6.07, 6.45) is 4.05. The lowest BCUT2D eigenvalue weighted by atomic mass is 10.0. The lowest BCUT2D eigenvalue weighted by Crippen LogP contribution is -2.15. The minimum Gasteiger partial charge on any atom is -0.391 e. The van der Waals surface area contributed by atoms with Crippen LogP contribution in [-0.2, 0) is 11.3 Å². The maximum atomic E-state index is 8.89. The van der Waals surface area contributed by atoms with Crippen molar-refractivity contribution in [1.82, 2.24) is 4.98 Å². The Morgan fingerprint density at radius 3 is 3.23 bits per heavy atom. The van der Waals surface area contributed by atoms with Gasteiger partial charge in [0.25, 0.3) is 0 Å². The van der Waals surface area contributed by atoms with Crippen LogP contribution >= 0.6 is 11.3 Å². The van der Waals surface area contributed by atoms with Crippen LogP contribution in [-0.4, -0.2) is 23.3 Å². The quantitative estimate of drug-likeness (QED) is 0.785. The Kier molecular flexibility index (Phi) is 2.93. The summed E-state index contributed by atoms with van der Waals surface area (Å²) >= 11 is 1.60. The molecule has 0 bridgehead atoms. The van der Waals surface area contributed by atoms with Gasteiger partial charge in [0.2, 0.25) is 0 Å². The molecule has 1 N–H and O–H groups in total. The Balaban J connectivity index is 2.05. The fourth-order valence-electron chi connectivity index (χ4n) is 1.52. The predicted octanol–water partition coefficient (Wildman–Crippen LogP) is 1.53. The number of hydrogen-bond donors (Lipinski definition) is 1. The molecule has 1 aliphatic heterocycles. The van der Waals surface area contributed by atoms with E-state index in [2.05, 4.69) is 4.98 Å². The molecule has 0 saturated carbocycles. The molecular formula is C9H13NO2S. The Morgan fingerprint density at radius 1 is 1.69 bits per heavy atom. The van der Waals surface area contributed by atoms with Crippen LogP contribution in [0.2, 0.25) is 0 Å². The highest BCUT2D eigenvalue weighted by molar-refractivity contribution is 7.11. The Labute approximate surface area is 81.4 Å². The molecule has 3 nitrogen and oxygen atoms in total. The van der Waals surface area contributed by atoms with Crippen molar-refractivity contribution in [2.75, 3.05) is 13.2 Å². The van der Waals surface area contributed by atoms with E-state index >= 15 is 0 Å². The van der Waals surface area contributed by atoms with Crippen LogP contribution in [0.1, 0.15) is 28.6 Å². The fraction of sp³-hybridized carbons (Fsp3) is 0.667. The van der Waals surface area contributed by atoms with Gasteiger partial charge in [0, 0.05) is 18.7 Å². The van der Waals surface area contributed by atoms with E-state index in [1.165, 1.54) is 6.42 Å². The maximum Gasteiger partial charge on any atom is 0.0982 e. The summed E-state index contributed by atoms with van der Waals surface area (Å²) in [5, 5.41) is 10.0. The van der Waals surface area contributed by atoms with Gasteiger partial charge in [-0.25, -0.2) is 4.98 Å². The third-order valence-corrected chi connectivity index (χ3v) is 3.38. The molecule has 0 aliphatic carbocycles. The topological polar surface area (TPSA) is 42.4 Å². The molecule has 2 heterocycles. The number of ether oxygens (including phenoxy) is 1. The highest BCUT2D eigenvalue weighted by atomic mass is 32.1. The summed E-state index contributed by atoms with van der Waals surface area (Å²) in [4.78, 5) is 5.23. The second-order valence-corrected chi connectivity index (χ2v) is 4.38. The van der Waals surface area contributed by atoms with Crippen LogP contribution in [0.5, 0.6) is 0 Å². The van der Waals surface area contributed by atoms with Gasteiger partial charge in [0.1, 0.15) is 0 Å². The molecule has 1 fully saturated rings. The number of thiazole rings is 1. The van der Waals surface area contributed by atoms with E-state index in [1.807, 2.05) is 0 Å². The number of rotatable bonds is 2. The summed E-state index contributed by atoms with van der Waals surface area (Å²) in [7, 11) is 0. The van der Waals surface area contributed by atoms with Crippen LogP contribution < -0.4 is 0 Å². The Morgan fingerprint density at radius 2 is 2.62 bits per heavy atom. The molecule has 4 heteroatoms. The first-order chi connectivity index (χ1) is 6.40. The first kappa shape index (κ1) is 9.12. The highest BCUT2D eigenvalue weighted by Gasteiger charge is 2.18. The van der Waals surface area contributed by atoms with Gasteiger partial charge >= 0.3 is 0 Å². The lowest BCUT2D eigenvalue weighted by Gasteiger charge is -2.19. The largest absolute Gasteiger partial charge is 0.391 e. The van der Waals surface area contributed by atoms with Crippen molar-refractivity contribution in [2.24, 2.45) is 0 Å². The molecule has 0 aromatic carbocycles. The number of nitrogens with zero attached hydrogens (tertiary/aromatic N) is 1. The van der Waals surface area contributed by atoms with Gasteiger partial charge in [-0.2, -0.15) is 0 Å². The average molecular weight is 199 g/mol. The van der Waals surface area contributed by atoms with E-state index in [1.54, 1.807) is 17.5 Å². The van der Waals surface area contributed by atoms with Gasteiger partial charge in [0.05, 0.1) is 23.1 Å². The van der Waals surface area contributed by atoms with Crippen molar-refractivity contribution in [3.05, 3.63) is 16.1 Å². The van der Waals surface area contributed by atoms with Crippen molar-refractivity contribution >= 4 is 11.3 Å².